The summed E-state index contributed by atoms with van der Waals surface area (Å²) in [5.74, 6) is 0.676. The molecule has 0 bridgehead atoms. The van der Waals surface area contributed by atoms with Gasteiger partial charge in [0.05, 0.1) is 19.2 Å². The zero-order chi connectivity index (χ0) is 18.6. The van der Waals surface area contributed by atoms with E-state index in [1.54, 1.807) is 50.4 Å². The minimum absolute atomic E-state index is 0.120. The number of pyridine rings is 1. The Hall–Kier alpha value is -2.28. The number of hydrogen-bond donors (Lipinski definition) is 0. The van der Waals surface area contributed by atoms with Gasteiger partial charge in [0.2, 0.25) is 0 Å². The summed E-state index contributed by atoms with van der Waals surface area (Å²) in [6, 6.07) is 7.74. The number of alkyl halides is 3. The minimum Gasteiger partial charge on any atom is -0.497 e. The van der Waals surface area contributed by atoms with Gasteiger partial charge in [0.25, 0.3) is 5.56 Å². The van der Waals surface area contributed by atoms with E-state index < -0.39 is 17.3 Å². The predicted molar refractivity (Wildman–Crippen MR) is 90.1 cm³/mol. The second-order valence-corrected chi connectivity index (χ2v) is 6.08. The normalized spacial score (nSPS) is 11.8. The van der Waals surface area contributed by atoms with Crippen LogP contribution in [-0.4, -0.2) is 37.2 Å². The van der Waals surface area contributed by atoms with Crippen molar-refractivity contribution in [2.24, 2.45) is 0 Å². The summed E-state index contributed by atoms with van der Waals surface area (Å²) in [4.78, 5) is 13.9. The zero-order valence-electron chi connectivity index (χ0n) is 14.4. The molecule has 0 atom stereocenters. The van der Waals surface area contributed by atoms with Gasteiger partial charge in [-0.2, -0.15) is 13.2 Å². The smallest absolute Gasteiger partial charge is 0.416 e. The molecule has 7 heteroatoms. The van der Waals surface area contributed by atoms with Crippen molar-refractivity contribution in [2.45, 2.75) is 19.1 Å². The molecule has 1 aromatic carbocycles. The molecule has 0 aliphatic carbocycles. The SMILES string of the molecule is COc1ccc(Cn2cc(CCN(C)C)c(C(F)(F)F)cc2=O)cc1. The Morgan fingerprint density at radius 2 is 1.80 bits per heavy atom. The van der Waals surface area contributed by atoms with Crippen LogP contribution >= 0.6 is 0 Å². The van der Waals surface area contributed by atoms with Gasteiger partial charge in [-0.15, -0.1) is 0 Å². The Morgan fingerprint density at radius 1 is 1.16 bits per heavy atom. The van der Waals surface area contributed by atoms with Crippen molar-refractivity contribution in [3.8, 4) is 5.75 Å². The highest BCUT2D eigenvalue weighted by Crippen LogP contribution is 2.31. The first-order chi connectivity index (χ1) is 11.7. The van der Waals surface area contributed by atoms with Crippen LogP contribution in [0.1, 0.15) is 16.7 Å². The maximum atomic E-state index is 13.2. The monoisotopic (exact) mass is 354 g/mol. The van der Waals surface area contributed by atoms with E-state index in [1.807, 2.05) is 0 Å². The van der Waals surface area contributed by atoms with Gasteiger partial charge < -0.3 is 14.2 Å². The first-order valence-corrected chi connectivity index (χ1v) is 7.79. The third kappa shape index (κ3) is 5.09. The number of methoxy groups -OCH3 is 1. The molecular formula is C18H21F3N2O2. The van der Waals surface area contributed by atoms with Crippen molar-refractivity contribution in [3.63, 3.8) is 0 Å². The molecule has 0 spiro atoms. The van der Waals surface area contributed by atoms with E-state index in [0.29, 0.717) is 18.4 Å². The lowest BCUT2D eigenvalue weighted by Gasteiger charge is -2.17. The van der Waals surface area contributed by atoms with Crippen molar-refractivity contribution >= 4 is 0 Å². The maximum absolute atomic E-state index is 13.2. The second kappa shape index (κ2) is 7.74. The van der Waals surface area contributed by atoms with Crippen LogP contribution in [0.3, 0.4) is 0 Å². The van der Waals surface area contributed by atoms with E-state index in [1.165, 1.54) is 10.8 Å². The van der Waals surface area contributed by atoms with Gasteiger partial charge in [0, 0.05) is 18.8 Å². The highest BCUT2D eigenvalue weighted by atomic mass is 19.4. The van der Waals surface area contributed by atoms with E-state index in [9.17, 15) is 18.0 Å². The maximum Gasteiger partial charge on any atom is 0.416 e. The Morgan fingerprint density at radius 3 is 2.32 bits per heavy atom. The van der Waals surface area contributed by atoms with Gasteiger partial charge >= 0.3 is 6.18 Å². The average molecular weight is 354 g/mol. The molecule has 0 amide bonds. The summed E-state index contributed by atoms with van der Waals surface area (Å²) in [6.07, 6.45) is -3.01. The molecule has 0 N–H and O–H groups in total. The molecule has 0 fully saturated rings. The fourth-order valence-corrected chi connectivity index (χ4v) is 2.48. The first kappa shape index (κ1) is 19.1. The molecule has 0 aliphatic rings. The average Bonchev–Trinajstić information content (AvgIpc) is 2.54. The Balaban J connectivity index is 2.37. The van der Waals surface area contributed by atoms with Crippen molar-refractivity contribution in [2.75, 3.05) is 27.7 Å². The molecule has 25 heavy (non-hydrogen) atoms. The lowest BCUT2D eigenvalue weighted by molar-refractivity contribution is -0.138. The van der Waals surface area contributed by atoms with Crippen LogP contribution in [0.4, 0.5) is 13.2 Å². The van der Waals surface area contributed by atoms with E-state index in [-0.39, 0.29) is 18.5 Å². The summed E-state index contributed by atoms with van der Waals surface area (Å²) in [5.41, 5.74) is -0.599. The van der Waals surface area contributed by atoms with Crippen LogP contribution in [0.2, 0.25) is 0 Å². The standard InChI is InChI=1S/C18H21F3N2O2/c1-22(2)9-8-14-12-23(17(24)10-16(14)18(19,20)21)11-13-4-6-15(25-3)7-5-13/h4-7,10,12H,8-9,11H2,1-3H3. The molecule has 0 aliphatic heterocycles. The topological polar surface area (TPSA) is 34.5 Å². The van der Waals surface area contributed by atoms with Crippen LogP contribution in [0.15, 0.2) is 41.3 Å². The zero-order valence-corrected chi connectivity index (χ0v) is 14.4. The van der Waals surface area contributed by atoms with Gasteiger partial charge in [0.15, 0.2) is 0 Å². The van der Waals surface area contributed by atoms with Crippen molar-refractivity contribution in [1.82, 2.24) is 9.47 Å². The molecular weight excluding hydrogens is 333 g/mol. The van der Waals surface area contributed by atoms with E-state index in [0.717, 1.165) is 5.56 Å². The Kier molecular flexibility index (Phi) is 5.89. The number of rotatable bonds is 6. The van der Waals surface area contributed by atoms with Gasteiger partial charge in [-0.1, -0.05) is 12.1 Å². The van der Waals surface area contributed by atoms with Crippen LogP contribution in [0.25, 0.3) is 0 Å². The van der Waals surface area contributed by atoms with Crippen LogP contribution in [-0.2, 0) is 19.1 Å². The summed E-state index contributed by atoms with van der Waals surface area (Å²) in [7, 11) is 5.13. The number of nitrogens with zero attached hydrogens (tertiary/aromatic N) is 2. The fraction of sp³-hybridized carbons (Fsp3) is 0.389. The van der Waals surface area contributed by atoms with Gasteiger partial charge in [-0.05, 0) is 43.8 Å². The number of hydrogen-bond acceptors (Lipinski definition) is 3. The summed E-state index contributed by atoms with van der Waals surface area (Å²) >= 11 is 0. The summed E-state index contributed by atoms with van der Waals surface area (Å²) in [6.45, 7) is 0.666. The number of aromatic nitrogens is 1. The molecule has 2 rings (SSSR count). The first-order valence-electron chi connectivity index (χ1n) is 7.79. The Bertz CT molecular complexity index is 765. The second-order valence-electron chi connectivity index (χ2n) is 6.08. The molecule has 0 saturated carbocycles. The van der Waals surface area contributed by atoms with Gasteiger partial charge in [-0.25, -0.2) is 0 Å². The van der Waals surface area contributed by atoms with Crippen molar-refractivity contribution in [3.05, 3.63) is 63.6 Å². The van der Waals surface area contributed by atoms with E-state index in [2.05, 4.69) is 0 Å². The van der Waals surface area contributed by atoms with E-state index >= 15 is 0 Å². The molecule has 0 saturated heterocycles. The van der Waals surface area contributed by atoms with Crippen LogP contribution in [0, 0.1) is 0 Å². The predicted octanol–water partition coefficient (Wildman–Crippen LogP) is 3.03. The summed E-state index contributed by atoms with van der Waals surface area (Å²) in [5, 5.41) is 0. The molecule has 0 radical (unpaired) electrons. The van der Waals surface area contributed by atoms with Gasteiger partial charge in [-0.3, -0.25) is 4.79 Å². The Labute approximate surface area is 144 Å². The van der Waals surface area contributed by atoms with Crippen molar-refractivity contribution in [1.29, 1.82) is 0 Å². The lowest BCUT2D eigenvalue weighted by Crippen LogP contribution is -2.26. The molecule has 0 unspecified atom stereocenters. The lowest BCUT2D eigenvalue weighted by atomic mass is 10.1. The quantitative estimate of drug-likeness (QED) is 0.800. The number of halogens is 3. The number of ether oxygens (including phenoxy) is 1. The molecule has 1 aromatic heterocycles. The summed E-state index contributed by atoms with van der Waals surface area (Å²) < 4.78 is 46.0. The largest absolute Gasteiger partial charge is 0.497 e. The number of benzene rings is 1. The highest BCUT2D eigenvalue weighted by molar-refractivity contribution is 5.30. The molecule has 1 heterocycles. The fourth-order valence-electron chi connectivity index (χ4n) is 2.48. The molecule has 4 nitrogen and oxygen atoms in total. The highest BCUT2D eigenvalue weighted by Gasteiger charge is 2.34. The minimum atomic E-state index is -4.54. The third-order valence-electron chi connectivity index (χ3n) is 3.85. The third-order valence-corrected chi connectivity index (χ3v) is 3.85. The molecule has 2 aromatic rings. The van der Waals surface area contributed by atoms with Crippen molar-refractivity contribution < 1.29 is 17.9 Å². The molecule has 136 valence electrons. The van der Waals surface area contributed by atoms with E-state index in [4.69, 9.17) is 4.74 Å². The number of likely N-dealkylation sites (N-methyl/N-ethyl adjacent to an activating group) is 1. The van der Waals surface area contributed by atoms with Gasteiger partial charge in [0.1, 0.15) is 5.75 Å². The van der Waals surface area contributed by atoms with Crippen LogP contribution < -0.4 is 10.3 Å². The van der Waals surface area contributed by atoms with Crippen LogP contribution in [0.5, 0.6) is 5.75 Å².